The molecule has 1 radical (unpaired) electrons. The third kappa shape index (κ3) is 1.80. The molecular formula is C12H14NO. The lowest BCUT2D eigenvalue weighted by molar-refractivity contribution is 0.281. The van der Waals surface area contributed by atoms with Crippen LogP contribution in [-0.4, -0.2) is 16.3 Å². The quantitative estimate of drug-likeness (QED) is 0.731. The second-order valence-electron chi connectivity index (χ2n) is 3.41. The maximum Gasteiger partial charge on any atom is 0.0486 e. The molecule has 2 rings (SSSR count). The summed E-state index contributed by atoms with van der Waals surface area (Å²) in [6.07, 6.45) is 3.87. The van der Waals surface area contributed by atoms with Crippen molar-refractivity contribution in [1.29, 1.82) is 0 Å². The second kappa shape index (κ2) is 4.29. The van der Waals surface area contributed by atoms with Gasteiger partial charge in [0, 0.05) is 36.3 Å². The summed E-state index contributed by atoms with van der Waals surface area (Å²) in [4.78, 5) is 0. The Labute approximate surface area is 83.8 Å². The highest BCUT2D eigenvalue weighted by Crippen LogP contribution is 2.14. The van der Waals surface area contributed by atoms with Crippen LogP contribution in [0.25, 0.3) is 10.9 Å². The Morgan fingerprint density at radius 2 is 2.07 bits per heavy atom. The van der Waals surface area contributed by atoms with E-state index in [0.717, 1.165) is 24.8 Å². The Kier molecular flexibility index (Phi) is 2.84. The Morgan fingerprint density at radius 1 is 1.21 bits per heavy atom. The first-order valence-corrected chi connectivity index (χ1v) is 4.98. The molecule has 0 fully saturated rings. The van der Waals surface area contributed by atoms with Crippen LogP contribution in [0, 0.1) is 6.07 Å². The van der Waals surface area contributed by atoms with E-state index in [1.807, 2.05) is 18.3 Å². The summed E-state index contributed by atoms with van der Waals surface area (Å²) >= 11 is 0. The molecule has 1 N–H and O–H groups in total. The summed E-state index contributed by atoms with van der Waals surface area (Å²) in [7, 11) is 0. The maximum atomic E-state index is 8.69. The van der Waals surface area contributed by atoms with Gasteiger partial charge in [-0.25, -0.2) is 0 Å². The van der Waals surface area contributed by atoms with Crippen molar-refractivity contribution in [3.05, 3.63) is 36.5 Å². The zero-order valence-electron chi connectivity index (χ0n) is 8.11. The van der Waals surface area contributed by atoms with Gasteiger partial charge in [0.1, 0.15) is 0 Å². The molecule has 1 heterocycles. The number of aryl methyl sites for hydroxylation is 1. The molecule has 0 saturated heterocycles. The lowest BCUT2D eigenvalue weighted by Crippen LogP contribution is -1.96. The standard InChI is InChI=1S/C12H14NO/c14-10-4-3-8-13-9-7-11-5-1-2-6-12(11)13/h1-2,5-6,9,14H,3-4,8,10H2. The summed E-state index contributed by atoms with van der Waals surface area (Å²) in [5.41, 5.74) is 1.23. The largest absolute Gasteiger partial charge is 0.396 e. The average molecular weight is 188 g/mol. The van der Waals surface area contributed by atoms with Crippen LogP contribution in [0.1, 0.15) is 12.8 Å². The van der Waals surface area contributed by atoms with Crippen molar-refractivity contribution in [1.82, 2.24) is 4.57 Å². The number of hydrogen-bond donors (Lipinski definition) is 1. The van der Waals surface area contributed by atoms with E-state index >= 15 is 0 Å². The highest BCUT2D eigenvalue weighted by Gasteiger charge is 1.98. The second-order valence-corrected chi connectivity index (χ2v) is 3.41. The van der Waals surface area contributed by atoms with Crippen LogP contribution in [0.3, 0.4) is 0 Å². The molecule has 2 aromatic rings. The molecule has 1 aromatic carbocycles. The van der Waals surface area contributed by atoms with E-state index in [1.54, 1.807) is 0 Å². The summed E-state index contributed by atoms with van der Waals surface area (Å²) in [6, 6.07) is 11.4. The van der Waals surface area contributed by atoms with Gasteiger partial charge < -0.3 is 9.67 Å². The van der Waals surface area contributed by atoms with Gasteiger partial charge >= 0.3 is 0 Å². The lowest BCUT2D eigenvalue weighted by Gasteiger charge is -2.03. The number of para-hydroxylation sites is 1. The first-order valence-electron chi connectivity index (χ1n) is 4.98. The minimum absolute atomic E-state index is 0.281. The van der Waals surface area contributed by atoms with Crippen LogP contribution in [-0.2, 0) is 6.54 Å². The predicted octanol–water partition coefficient (Wildman–Crippen LogP) is 2.21. The Balaban J connectivity index is 2.17. The Morgan fingerprint density at radius 3 is 2.93 bits per heavy atom. The first-order chi connectivity index (χ1) is 6.92. The number of aromatic nitrogens is 1. The monoisotopic (exact) mass is 188 g/mol. The van der Waals surface area contributed by atoms with Gasteiger partial charge in [-0.2, -0.15) is 0 Å². The number of unbranched alkanes of at least 4 members (excludes halogenated alkanes) is 1. The topological polar surface area (TPSA) is 25.2 Å². The zero-order valence-corrected chi connectivity index (χ0v) is 8.11. The molecule has 0 spiro atoms. The summed E-state index contributed by atoms with van der Waals surface area (Å²) in [6.45, 7) is 1.24. The van der Waals surface area contributed by atoms with Crippen molar-refractivity contribution in [2.75, 3.05) is 6.61 Å². The molecule has 2 nitrogen and oxygen atoms in total. The Hall–Kier alpha value is -1.28. The van der Waals surface area contributed by atoms with Gasteiger partial charge in [0.05, 0.1) is 0 Å². The maximum absolute atomic E-state index is 8.69. The van der Waals surface area contributed by atoms with E-state index in [4.69, 9.17) is 5.11 Å². The van der Waals surface area contributed by atoms with Crippen LogP contribution >= 0.6 is 0 Å². The summed E-state index contributed by atoms with van der Waals surface area (Å²) in [5.74, 6) is 0. The van der Waals surface area contributed by atoms with Gasteiger partial charge in [-0.15, -0.1) is 0 Å². The molecule has 0 unspecified atom stereocenters. The summed E-state index contributed by atoms with van der Waals surface area (Å²) in [5, 5.41) is 9.85. The molecule has 0 saturated carbocycles. The smallest absolute Gasteiger partial charge is 0.0486 e. The van der Waals surface area contributed by atoms with Gasteiger partial charge in [-0.05, 0) is 18.9 Å². The van der Waals surface area contributed by atoms with E-state index in [9.17, 15) is 0 Å². The van der Waals surface area contributed by atoms with Crippen molar-refractivity contribution >= 4 is 10.9 Å². The van der Waals surface area contributed by atoms with Crippen LogP contribution in [0.15, 0.2) is 30.5 Å². The van der Waals surface area contributed by atoms with E-state index in [0.29, 0.717) is 0 Å². The molecule has 0 aliphatic heterocycles. The molecule has 0 bridgehead atoms. The lowest BCUT2D eigenvalue weighted by atomic mass is 10.2. The van der Waals surface area contributed by atoms with Crippen LogP contribution in [0.4, 0.5) is 0 Å². The van der Waals surface area contributed by atoms with Gasteiger partial charge in [0.25, 0.3) is 0 Å². The zero-order chi connectivity index (χ0) is 9.80. The third-order valence-electron chi connectivity index (χ3n) is 2.40. The van der Waals surface area contributed by atoms with E-state index in [2.05, 4.69) is 22.8 Å². The number of fused-ring (bicyclic) bond motifs is 1. The van der Waals surface area contributed by atoms with Crippen molar-refractivity contribution in [2.45, 2.75) is 19.4 Å². The Bertz CT molecular complexity index is 405. The highest BCUT2D eigenvalue weighted by atomic mass is 16.2. The number of nitrogens with zero attached hydrogens (tertiary/aromatic N) is 1. The molecule has 0 atom stereocenters. The molecular weight excluding hydrogens is 174 g/mol. The molecule has 14 heavy (non-hydrogen) atoms. The minimum Gasteiger partial charge on any atom is -0.396 e. The fraction of sp³-hybridized carbons (Fsp3) is 0.333. The molecule has 73 valence electrons. The molecule has 0 aliphatic carbocycles. The molecule has 0 aliphatic rings. The highest BCUT2D eigenvalue weighted by molar-refractivity contribution is 5.79. The molecule has 1 aromatic heterocycles. The number of hydrogen-bond acceptors (Lipinski definition) is 1. The van der Waals surface area contributed by atoms with Gasteiger partial charge in [-0.1, -0.05) is 18.2 Å². The summed E-state index contributed by atoms with van der Waals surface area (Å²) < 4.78 is 2.19. The van der Waals surface area contributed by atoms with Crippen molar-refractivity contribution < 1.29 is 5.11 Å². The van der Waals surface area contributed by atoms with E-state index in [1.165, 1.54) is 5.52 Å². The van der Waals surface area contributed by atoms with Crippen molar-refractivity contribution in [3.8, 4) is 0 Å². The molecule has 0 amide bonds. The normalized spacial score (nSPS) is 10.9. The van der Waals surface area contributed by atoms with E-state index < -0.39 is 0 Å². The third-order valence-corrected chi connectivity index (χ3v) is 2.40. The van der Waals surface area contributed by atoms with Gasteiger partial charge in [-0.3, -0.25) is 0 Å². The number of aliphatic hydroxyl groups is 1. The van der Waals surface area contributed by atoms with E-state index in [-0.39, 0.29) is 6.61 Å². The van der Waals surface area contributed by atoms with Crippen LogP contribution in [0.5, 0.6) is 0 Å². The minimum atomic E-state index is 0.281. The average Bonchev–Trinajstić information content (AvgIpc) is 2.63. The van der Waals surface area contributed by atoms with Crippen molar-refractivity contribution in [2.24, 2.45) is 0 Å². The van der Waals surface area contributed by atoms with Crippen LogP contribution < -0.4 is 0 Å². The fourth-order valence-corrected chi connectivity index (χ4v) is 1.64. The SMILES string of the molecule is OCCCCn1c[c]c2ccccc21. The van der Waals surface area contributed by atoms with Gasteiger partial charge in [0.15, 0.2) is 0 Å². The molecule has 2 heteroatoms. The van der Waals surface area contributed by atoms with Gasteiger partial charge in [0.2, 0.25) is 0 Å². The fourth-order valence-electron chi connectivity index (χ4n) is 1.64. The first kappa shape index (κ1) is 9.28. The van der Waals surface area contributed by atoms with Crippen LogP contribution in [0.2, 0.25) is 0 Å². The van der Waals surface area contributed by atoms with Crippen molar-refractivity contribution in [3.63, 3.8) is 0 Å². The number of rotatable bonds is 4. The predicted molar refractivity (Wildman–Crippen MR) is 57.1 cm³/mol. The number of benzene rings is 1. The number of aliphatic hydroxyl groups excluding tert-OH is 1.